The van der Waals surface area contributed by atoms with E-state index >= 15 is 0 Å². The third-order valence-corrected chi connectivity index (χ3v) is 3.35. The van der Waals surface area contributed by atoms with Crippen LogP contribution in [0.25, 0.3) is 0 Å². The molecule has 0 amide bonds. The minimum Gasteiger partial charge on any atom is -0.461 e. The molecule has 1 aliphatic rings. The number of rotatable bonds is 3. The molecule has 92 valence electrons. The average Bonchev–Trinajstić information content (AvgIpc) is 2.38. The van der Waals surface area contributed by atoms with Gasteiger partial charge >= 0.3 is 5.97 Å². The van der Waals surface area contributed by atoms with Crippen molar-refractivity contribution in [3.8, 4) is 0 Å². The topological polar surface area (TPSA) is 52.3 Å². The molecule has 1 aliphatic carbocycles. The van der Waals surface area contributed by atoms with Crippen molar-refractivity contribution in [3.05, 3.63) is 35.9 Å². The first-order valence-electron chi connectivity index (χ1n) is 6.23. The Morgan fingerprint density at radius 1 is 1.24 bits per heavy atom. The fourth-order valence-corrected chi connectivity index (χ4v) is 2.29. The van der Waals surface area contributed by atoms with Crippen LogP contribution in [0.4, 0.5) is 0 Å². The highest BCUT2D eigenvalue weighted by molar-refractivity contribution is 5.73. The van der Waals surface area contributed by atoms with E-state index in [4.69, 9.17) is 10.5 Å². The molecule has 17 heavy (non-hydrogen) atoms. The molecule has 3 heteroatoms. The summed E-state index contributed by atoms with van der Waals surface area (Å²) < 4.78 is 5.32. The van der Waals surface area contributed by atoms with Crippen molar-refractivity contribution in [2.45, 2.75) is 38.3 Å². The molecule has 3 nitrogen and oxygen atoms in total. The SMILES string of the molecule is NC1CCCCC1C(=O)OCc1ccccc1. The van der Waals surface area contributed by atoms with E-state index in [-0.39, 0.29) is 17.9 Å². The van der Waals surface area contributed by atoms with Crippen LogP contribution in [0.5, 0.6) is 0 Å². The van der Waals surface area contributed by atoms with E-state index < -0.39 is 0 Å². The highest BCUT2D eigenvalue weighted by Crippen LogP contribution is 2.24. The van der Waals surface area contributed by atoms with E-state index in [9.17, 15) is 4.79 Å². The van der Waals surface area contributed by atoms with Crippen molar-refractivity contribution in [3.63, 3.8) is 0 Å². The molecule has 2 N–H and O–H groups in total. The summed E-state index contributed by atoms with van der Waals surface area (Å²) in [6, 6.07) is 9.71. The fourth-order valence-electron chi connectivity index (χ4n) is 2.29. The van der Waals surface area contributed by atoms with E-state index in [0.717, 1.165) is 31.2 Å². The normalized spacial score (nSPS) is 24.3. The van der Waals surface area contributed by atoms with E-state index in [0.29, 0.717) is 6.61 Å². The molecule has 2 rings (SSSR count). The van der Waals surface area contributed by atoms with Gasteiger partial charge in [0.25, 0.3) is 0 Å². The lowest BCUT2D eigenvalue weighted by Crippen LogP contribution is -2.38. The molecule has 0 spiro atoms. The summed E-state index contributed by atoms with van der Waals surface area (Å²) in [6.07, 6.45) is 4.02. The number of benzene rings is 1. The summed E-state index contributed by atoms with van der Waals surface area (Å²) in [4.78, 5) is 11.9. The Morgan fingerprint density at radius 3 is 2.65 bits per heavy atom. The second kappa shape index (κ2) is 5.82. The molecule has 1 aromatic carbocycles. The number of hydrogen-bond acceptors (Lipinski definition) is 3. The Kier molecular flexibility index (Phi) is 4.15. The van der Waals surface area contributed by atoms with Crippen LogP contribution in [0, 0.1) is 5.92 Å². The zero-order valence-electron chi connectivity index (χ0n) is 9.97. The van der Waals surface area contributed by atoms with Gasteiger partial charge in [0.15, 0.2) is 0 Å². The quantitative estimate of drug-likeness (QED) is 0.815. The largest absolute Gasteiger partial charge is 0.461 e. The molecule has 0 aromatic heterocycles. The van der Waals surface area contributed by atoms with Gasteiger partial charge in [0, 0.05) is 6.04 Å². The van der Waals surface area contributed by atoms with Crippen LogP contribution >= 0.6 is 0 Å². The second-order valence-corrected chi connectivity index (χ2v) is 4.65. The van der Waals surface area contributed by atoms with E-state index in [1.807, 2.05) is 30.3 Å². The summed E-state index contributed by atoms with van der Waals surface area (Å²) >= 11 is 0. The fraction of sp³-hybridized carbons (Fsp3) is 0.500. The first kappa shape index (κ1) is 12.1. The van der Waals surface area contributed by atoms with Crippen molar-refractivity contribution in [1.29, 1.82) is 0 Å². The number of esters is 1. The zero-order chi connectivity index (χ0) is 12.1. The maximum Gasteiger partial charge on any atom is 0.310 e. The van der Waals surface area contributed by atoms with Crippen LogP contribution in [0.15, 0.2) is 30.3 Å². The first-order valence-corrected chi connectivity index (χ1v) is 6.23. The summed E-state index contributed by atoms with van der Waals surface area (Å²) in [5.41, 5.74) is 6.97. The number of nitrogens with two attached hydrogens (primary N) is 1. The minimum atomic E-state index is -0.138. The smallest absolute Gasteiger partial charge is 0.310 e. The van der Waals surface area contributed by atoms with E-state index in [1.54, 1.807) is 0 Å². The van der Waals surface area contributed by atoms with Crippen molar-refractivity contribution in [2.75, 3.05) is 0 Å². The highest BCUT2D eigenvalue weighted by Gasteiger charge is 2.29. The lowest BCUT2D eigenvalue weighted by atomic mass is 9.85. The maximum atomic E-state index is 11.9. The Balaban J connectivity index is 1.84. The molecule has 2 unspecified atom stereocenters. The van der Waals surface area contributed by atoms with Gasteiger partial charge in [0.2, 0.25) is 0 Å². The Labute approximate surface area is 102 Å². The molecule has 0 saturated heterocycles. The van der Waals surface area contributed by atoms with Gasteiger partial charge in [-0.3, -0.25) is 4.79 Å². The predicted octanol–water partition coefficient (Wildman–Crippen LogP) is 2.25. The third kappa shape index (κ3) is 3.30. The standard InChI is InChI=1S/C14H19NO2/c15-13-9-5-4-8-12(13)14(16)17-10-11-6-2-1-3-7-11/h1-3,6-7,12-13H,4-5,8-10,15H2. The maximum absolute atomic E-state index is 11.9. The second-order valence-electron chi connectivity index (χ2n) is 4.65. The van der Waals surface area contributed by atoms with Gasteiger partial charge in [-0.05, 0) is 18.4 Å². The van der Waals surface area contributed by atoms with Crippen LogP contribution in [0.1, 0.15) is 31.2 Å². The lowest BCUT2D eigenvalue weighted by Gasteiger charge is -2.26. The molecule has 2 atom stereocenters. The molecule has 0 aliphatic heterocycles. The molecule has 0 radical (unpaired) electrons. The highest BCUT2D eigenvalue weighted by atomic mass is 16.5. The number of carbonyl (C=O) groups is 1. The first-order chi connectivity index (χ1) is 8.27. The van der Waals surface area contributed by atoms with Crippen LogP contribution in [-0.4, -0.2) is 12.0 Å². The van der Waals surface area contributed by atoms with Crippen molar-refractivity contribution < 1.29 is 9.53 Å². The molecule has 1 fully saturated rings. The summed E-state index contributed by atoms with van der Waals surface area (Å²) in [7, 11) is 0. The summed E-state index contributed by atoms with van der Waals surface area (Å²) in [6.45, 7) is 0.350. The Hall–Kier alpha value is -1.35. The average molecular weight is 233 g/mol. The van der Waals surface area contributed by atoms with Gasteiger partial charge in [-0.15, -0.1) is 0 Å². The molecule has 0 bridgehead atoms. The molecule has 1 aromatic rings. The van der Waals surface area contributed by atoms with Crippen LogP contribution < -0.4 is 5.73 Å². The number of hydrogen-bond donors (Lipinski definition) is 1. The van der Waals surface area contributed by atoms with Crippen molar-refractivity contribution in [1.82, 2.24) is 0 Å². The molecular weight excluding hydrogens is 214 g/mol. The van der Waals surface area contributed by atoms with Gasteiger partial charge in [0.05, 0.1) is 5.92 Å². The van der Waals surface area contributed by atoms with E-state index in [2.05, 4.69) is 0 Å². The van der Waals surface area contributed by atoms with Crippen LogP contribution in [-0.2, 0) is 16.1 Å². The van der Waals surface area contributed by atoms with Gasteiger partial charge in [0.1, 0.15) is 6.61 Å². The van der Waals surface area contributed by atoms with Gasteiger partial charge in [-0.2, -0.15) is 0 Å². The monoisotopic (exact) mass is 233 g/mol. The summed E-state index contributed by atoms with van der Waals surface area (Å²) in [5, 5.41) is 0. The van der Waals surface area contributed by atoms with Crippen molar-refractivity contribution >= 4 is 5.97 Å². The molecule has 1 saturated carbocycles. The lowest BCUT2D eigenvalue weighted by molar-refractivity contribution is -0.151. The minimum absolute atomic E-state index is 0.0213. The third-order valence-electron chi connectivity index (χ3n) is 3.35. The van der Waals surface area contributed by atoms with Crippen LogP contribution in [0.2, 0.25) is 0 Å². The summed E-state index contributed by atoms with van der Waals surface area (Å²) in [5.74, 6) is -0.242. The van der Waals surface area contributed by atoms with Crippen LogP contribution in [0.3, 0.4) is 0 Å². The van der Waals surface area contributed by atoms with Gasteiger partial charge < -0.3 is 10.5 Å². The zero-order valence-corrected chi connectivity index (χ0v) is 9.97. The molecular formula is C14H19NO2. The number of carbonyl (C=O) groups excluding carboxylic acids is 1. The van der Waals surface area contributed by atoms with Gasteiger partial charge in [-0.25, -0.2) is 0 Å². The molecule has 0 heterocycles. The number of ether oxygens (including phenoxy) is 1. The Bertz CT molecular complexity index is 364. The van der Waals surface area contributed by atoms with E-state index in [1.165, 1.54) is 0 Å². The predicted molar refractivity (Wildman–Crippen MR) is 66.2 cm³/mol. The van der Waals surface area contributed by atoms with Gasteiger partial charge in [-0.1, -0.05) is 43.2 Å². The Morgan fingerprint density at radius 2 is 1.94 bits per heavy atom. The van der Waals surface area contributed by atoms with Crippen molar-refractivity contribution in [2.24, 2.45) is 11.7 Å².